The maximum Gasteiger partial charge on any atom is 0.225 e. The van der Waals surface area contributed by atoms with Gasteiger partial charge < -0.3 is 10.2 Å². The lowest BCUT2D eigenvalue weighted by atomic mass is 10.2. The number of anilines is 1. The van der Waals surface area contributed by atoms with Gasteiger partial charge in [0, 0.05) is 31.4 Å². The van der Waals surface area contributed by atoms with E-state index in [0.29, 0.717) is 0 Å². The van der Waals surface area contributed by atoms with Gasteiger partial charge in [0.15, 0.2) is 0 Å². The molecule has 0 atom stereocenters. The van der Waals surface area contributed by atoms with Crippen LogP contribution in [-0.4, -0.2) is 30.1 Å². The zero-order chi connectivity index (χ0) is 12.8. The van der Waals surface area contributed by atoms with Crippen LogP contribution in [0.4, 0.5) is 5.95 Å². The van der Waals surface area contributed by atoms with Crippen LogP contribution in [0.5, 0.6) is 0 Å². The largest absolute Gasteiger partial charge is 0.341 e. The van der Waals surface area contributed by atoms with Gasteiger partial charge in [0.2, 0.25) is 5.95 Å². The Kier molecular flexibility index (Phi) is 4.93. The minimum Gasteiger partial charge on any atom is -0.341 e. The maximum absolute atomic E-state index is 4.75. The van der Waals surface area contributed by atoms with Gasteiger partial charge in [0.05, 0.1) is 5.69 Å². The molecule has 4 nitrogen and oxygen atoms in total. The average Bonchev–Trinajstić information content (AvgIpc) is 2.68. The molecular weight excluding hydrogens is 224 g/mol. The van der Waals surface area contributed by atoms with Crippen molar-refractivity contribution in [3.05, 3.63) is 17.5 Å². The first-order valence-corrected chi connectivity index (χ1v) is 7.09. The molecule has 0 bridgehead atoms. The molecule has 1 aliphatic heterocycles. The fourth-order valence-corrected chi connectivity index (χ4v) is 2.50. The Balaban J connectivity index is 2.17. The van der Waals surface area contributed by atoms with E-state index in [9.17, 15) is 0 Å². The molecule has 100 valence electrons. The normalized spacial score (nSPS) is 16.7. The molecule has 2 heterocycles. The van der Waals surface area contributed by atoms with E-state index < -0.39 is 0 Å². The molecule has 1 aromatic heterocycles. The monoisotopic (exact) mass is 248 g/mol. The fraction of sp³-hybridized carbons (Fsp3) is 0.714. The van der Waals surface area contributed by atoms with Gasteiger partial charge in [-0.2, -0.15) is 0 Å². The molecule has 1 aromatic rings. The summed E-state index contributed by atoms with van der Waals surface area (Å²) in [6, 6.07) is 0. The third-order valence-corrected chi connectivity index (χ3v) is 3.53. The van der Waals surface area contributed by atoms with E-state index in [0.717, 1.165) is 32.0 Å². The van der Waals surface area contributed by atoms with Crippen LogP contribution in [0.1, 0.15) is 43.9 Å². The SMILES string of the molecule is CCc1nc(N2CCCCCC2)ncc1CNC. The van der Waals surface area contributed by atoms with E-state index in [1.54, 1.807) is 0 Å². The third kappa shape index (κ3) is 3.19. The van der Waals surface area contributed by atoms with Crippen molar-refractivity contribution in [3.63, 3.8) is 0 Å². The second-order valence-electron chi connectivity index (χ2n) is 4.93. The lowest BCUT2D eigenvalue weighted by Crippen LogP contribution is -2.26. The quantitative estimate of drug-likeness (QED) is 0.886. The van der Waals surface area contributed by atoms with Crippen LogP contribution in [0.3, 0.4) is 0 Å². The summed E-state index contributed by atoms with van der Waals surface area (Å²) in [5, 5.41) is 3.17. The summed E-state index contributed by atoms with van der Waals surface area (Å²) in [7, 11) is 1.96. The molecule has 18 heavy (non-hydrogen) atoms. The van der Waals surface area contributed by atoms with Gasteiger partial charge in [0.1, 0.15) is 0 Å². The topological polar surface area (TPSA) is 41.1 Å². The van der Waals surface area contributed by atoms with E-state index in [-0.39, 0.29) is 0 Å². The first-order chi connectivity index (χ1) is 8.85. The van der Waals surface area contributed by atoms with E-state index >= 15 is 0 Å². The highest BCUT2D eigenvalue weighted by Gasteiger charge is 2.14. The van der Waals surface area contributed by atoms with Crippen LogP contribution in [0.2, 0.25) is 0 Å². The number of aryl methyl sites for hydroxylation is 1. The summed E-state index contributed by atoms with van der Waals surface area (Å²) in [5.41, 5.74) is 2.40. The Morgan fingerprint density at radius 2 is 1.94 bits per heavy atom. The molecule has 0 aromatic carbocycles. The van der Waals surface area contributed by atoms with Crippen molar-refractivity contribution in [1.29, 1.82) is 0 Å². The van der Waals surface area contributed by atoms with E-state index in [4.69, 9.17) is 4.98 Å². The highest BCUT2D eigenvalue weighted by molar-refractivity contribution is 5.33. The van der Waals surface area contributed by atoms with Crippen LogP contribution in [0, 0.1) is 0 Å². The van der Waals surface area contributed by atoms with Gasteiger partial charge in [-0.25, -0.2) is 9.97 Å². The minimum absolute atomic E-state index is 0.851. The predicted molar refractivity (Wildman–Crippen MR) is 74.9 cm³/mol. The molecule has 0 spiro atoms. The summed E-state index contributed by atoms with van der Waals surface area (Å²) in [5.74, 6) is 0.925. The summed E-state index contributed by atoms with van der Waals surface area (Å²) in [6.07, 6.45) is 8.18. The van der Waals surface area contributed by atoms with Crippen molar-refractivity contribution < 1.29 is 0 Å². The van der Waals surface area contributed by atoms with E-state index in [1.165, 1.54) is 36.9 Å². The van der Waals surface area contributed by atoms with E-state index in [1.807, 2.05) is 13.2 Å². The number of hydrogen-bond donors (Lipinski definition) is 1. The molecule has 4 heteroatoms. The van der Waals surface area contributed by atoms with Gasteiger partial charge in [-0.05, 0) is 26.3 Å². The Labute approximate surface area is 110 Å². The van der Waals surface area contributed by atoms with Crippen LogP contribution in [0.15, 0.2) is 6.20 Å². The standard InChI is InChI=1S/C14H24N4/c1-3-13-12(10-15-2)11-16-14(17-13)18-8-6-4-5-7-9-18/h11,15H,3-10H2,1-2H3. The van der Waals surface area contributed by atoms with Crippen molar-refractivity contribution >= 4 is 5.95 Å². The van der Waals surface area contributed by atoms with Gasteiger partial charge >= 0.3 is 0 Å². The minimum atomic E-state index is 0.851. The molecule has 2 rings (SSSR count). The average molecular weight is 248 g/mol. The zero-order valence-corrected chi connectivity index (χ0v) is 11.6. The van der Waals surface area contributed by atoms with Crippen molar-refractivity contribution in [1.82, 2.24) is 15.3 Å². The van der Waals surface area contributed by atoms with E-state index in [2.05, 4.69) is 22.1 Å². The predicted octanol–water partition coefficient (Wildman–Crippen LogP) is 2.14. The highest BCUT2D eigenvalue weighted by atomic mass is 15.2. The maximum atomic E-state index is 4.75. The second kappa shape index (κ2) is 6.69. The second-order valence-corrected chi connectivity index (χ2v) is 4.93. The molecule has 0 saturated carbocycles. The molecule has 1 saturated heterocycles. The molecule has 0 amide bonds. The molecule has 1 fully saturated rings. The smallest absolute Gasteiger partial charge is 0.225 e. The van der Waals surface area contributed by atoms with Gasteiger partial charge in [-0.3, -0.25) is 0 Å². The van der Waals surface area contributed by atoms with Crippen LogP contribution in [0.25, 0.3) is 0 Å². The van der Waals surface area contributed by atoms with Gasteiger partial charge in [-0.15, -0.1) is 0 Å². The van der Waals surface area contributed by atoms with Gasteiger partial charge in [0.25, 0.3) is 0 Å². The Morgan fingerprint density at radius 3 is 2.56 bits per heavy atom. The summed E-state index contributed by atoms with van der Waals surface area (Å²) in [4.78, 5) is 11.6. The summed E-state index contributed by atoms with van der Waals surface area (Å²) in [6.45, 7) is 5.22. The van der Waals surface area contributed by atoms with Crippen molar-refractivity contribution in [2.45, 2.75) is 45.6 Å². The van der Waals surface area contributed by atoms with Crippen molar-refractivity contribution in [2.75, 3.05) is 25.0 Å². The molecule has 0 aliphatic carbocycles. The number of aromatic nitrogens is 2. The highest BCUT2D eigenvalue weighted by Crippen LogP contribution is 2.17. The lowest BCUT2D eigenvalue weighted by molar-refractivity contribution is 0.726. The third-order valence-electron chi connectivity index (χ3n) is 3.53. The van der Waals surface area contributed by atoms with Gasteiger partial charge in [-0.1, -0.05) is 19.8 Å². The fourth-order valence-electron chi connectivity index (χ4n) is 2.50. The van der Waals surface area contributed by atoms with Crippen LogP contribution < -0.4 is 10.2 Å². The number of rotatable bonds is 4. The molecule has 1 N–H and O–H groups in total. The number of nitrogens with zero attached hydrogens (tertiary/aromatic N) is 3. The Hall–Kier alpha value is -1.16. The molecule has 0 unspecified atom stereocenters. The van der Waals surface area contributed by atoms with Crippen LogP contribution in [-0.2, 0) is 13.0 Å². The first kappa shape index (κ1) is 13.3. The van der Waals surface area contributed by atoms with Crippen LogP contribution >= 0.6 is 0 Å². The lowest BCUT2D eigenvalue weighted by Gasteiger charge is -2.21. The molecule has 0 radical (unpaired) electrons. The Bertz CT molecular complexity index is 370. The number of hydrogen-bond acceptors (Lipinski definition) is 4. The summed E-state index contributed by atoms with van der Waals surface area (Å²) >= 11 is 0. The first-order valence-electron chi connectivity index (χ1n) is 7.09. The Morgan fingerprint density at radius 1 is 1.22 bits per heavy atom. The number of nitrogens with one attached hydrogen (secondary N) is 1. The summed E-state index contributed by atoms with van der Waals surface area (Å²) < 4.78 is 0. The molecule has 1 aliphatic rings. The van der Waals surface area contributed by atoms with Crippen molar-refractivity contribution in [2.24, 2.45) is 0 Å². The van der Waals surface area contributed by atoms with Crippen molar-refractivity contribution in [3.8, 4) is 0 Å². The molecular formula is C14H24N4. The zero-order valence-electron chi connectivity index (χ0n) is 11.6.